The van der Waals surface area contributed by atoms with Gasteiger partial charge in [-0.3, -0.25) is 19.6 Å². The van der Waals surface area contributed by atoms with Crippen LogP contribution in [0.15, 0.2) is 34.1 Å². The van der Waals surface area contributed by atoms with Crippen LogP contribution in [0, 0.1) is 10.1 Å². The predicted octanol–water partition coefficient (Wildman–Crippen LogP) is 1.34. The minimum absolute atomic E-state index is 0.173. The van der Waals surface area contributed by atoms with Crippen molar-refractivity contribution in [3.8, 4) is 0 Å². The Balaban J connectivity index is 1.67. The van der Waals surface area contributed by atoms with Gasteiger partial charge in [0, 0.05) is 26.2 Å². The lowest BCUT2D eigenvalue weighted by Gasteiger charge is -2.35. The summed E-state index contributed by atoms with van der Waals surface area (Å²) in [5, 5.41) is 16.5. The monoisotopic (exact) mass is 413 g/mol. The Hall–Kier alpha value is -2.31. The first-order valence-corrected chi connectivity index (χ1v) is 10.7. The first-order valence-electron chi connectivity index (χ1n) is 8.35. The Labute approximate surface area is 160 Å². The van der Waals surface area contributed by atoms with Crippen LogP contribution < -0.4 is 0 Å². The van der Waals surface area contributed by atoms with E-state index in [2.05, 4.69) is 5.10 Å². The van der Waals surface area contributed by atoms with Crippen LogP contribution in [0.5, 0.6) is 0 Å². The second kappa shape index (κ2) is 7.74. The Morgan fingerprint density at radius 1 is 1.37 bits per heavy atom. The van der Waals surface area contributed by atoms with E-state index in [4.69, 9.17) is 0 Å². The van der Waals surface area contributed by atoms with E-state index in [9.17, 15) is 23.3 Å². The van der Waals surface area contributed by atoms with Gasteiger partial charge in [-0.2, -0.15) is 9.40 Å². The van der Waals surface area contributed by atoms with Crippen molar-refractivity contribution in [2.45, 2.75) is 23.6 Å². The van der Waals surface area contributed by atoms with E-state index < -0.39 is 21.0 Å². The Morgan fingerprint density at radius 3 is 2.59 bits per heavy atom. The molecule has 1 saturated heterocycles. The third-order valence-electron chi connectivity index (χ3n) is 4.43. The molecule has 12 heteroatoms. The van der Waals surface area contributed by atoms with Crippen molar-refractivity contribution in [1.29, 1.82) is 0 Å². The molecule has 0 saturated carbocycles. The number of sulfonamides is 1. The molecule has 1 aliphatic rings. The van der Waals surface area contributed by atoms with Gasteiger partial charge in [-0.05, 0) is 17.9 Å². The topological polar surface area (TPSA) is 119 Å². The first-order chi connectivity index (χ1) is 12.8. The highest BCUT2D eigenvalue weighted by Crippen LogP contribution is 2.23. The van der Waals surface area contributed by atoms with Crippen LogP contribution in [0.25, 0.3) is 0 Å². The summed E-state index contributed by atoms with van der Waals surface area (Å²) >= 11 is 1.16. The molecule has 0 bridgehead atoms. The number of carbonyl (C=O) groups is 1. The van der Waals surface area contributed by atoms with E-state index in [0.717, 1.165) is 17.5 Å². The van der Waals surface area contributed by atoms with Crippen molar-refractivity contribution in [2.24, 2.45) is 0 Å². The standard InChI is InChI=1S/C15H19N5O5S2/c1-2-13(19-11-12(10-16-19)20(22)23)15(21)17-5-7-18(8-6-17)27(24,25)14-4-3-9-26-14/h3-4,9-11,13H,2,5-8H2,1H3. The molecule has 2 aromatic rings. The van der Waals surface area contributed by atoms with Crippen molar-refractivity contribution in [3.05, 3.63) is 40.0 Å². The zero-order chi connectivity index (χ0) is 19.6. The van der Waals surface area contributed by atoms with Crippen LogP contribution in [0.1, 0.15) is 19.4 Å². The van der Waals surface area contributed by atoms with Gasteiger partial charge in [0.25, 0.3) is 10.0 Å². The molecule has 10 nitrogen and oxygen atoms in total. The van der Waals surface area contributed by atoms with E-state index in [1.165, 1.54) is 15.2 Å². The van der Waals surface area contributed by atoms with Crippen molar-refractivity contribution < 1.29 is 18.1 Å². The molecule has 0 N–H and O–H groups in total. The normalized spacial score (nSPS) is 17.0. The van der Waals surface area contributed by atoms with Crippen LogP contribution in [0.4, 0.5) is 5.69 Å². The molecule has 0 spiro atoms. The number of hydrogen-bond donors (Lipinski definition) is 0. The summed E-state index contributed by atoms with van der Waals surface area (Å²) in [5.41, 5.74) is -0.173. The lowest BCUT2D eigenvalue weighted by atomic mass is 10.2. The third kappa shape index (κ3) is 3.87. The second-order valence-electron chi connectivity index (χ2n) is 6.02. The van der Waals surface area contributed by atoms with Gasteiger partial charge in [0.05, 0.1) is 4.92 Å². The number of hydrogen-bond acceptors (Lipinski definition) is 7. The minimum atomic E-state index is -3.53. The molecule has 1 atom stereocenters. The van der Waals surface area contributed by atoms with Gasteiger partial charge in [0.1, 0.15) is 22.6 Å². The summed E-state index contributed by atoms with van der Waals surface area (Å²) in [7, 11) is -3.53. The molecule has 1 aliphatic heterocycles. The summed E-state index contributed by atoms with van der Waals surface area (Å²) in [6.45, 7) is 2.75. The average Bonchev–Trinajstić information content (AvgIpc) is 3.35. The number of piperazine rings is 1. The highest BCUT2D eigenvalue weighted by atomic mass is 32.2. The molecule has 0 radical (unpaired) electrons. The van der Waals surface area contributed by atoms with Gasteiger partial charge in [-0.15, -0.1) is 11.3 Å². The van der Waals surface area contributed by atoms with Crippen LogP contribution in [-0.4, -0.2) is 64.4 Å². The molecule has 3 rings (SSSR count). The predicted molar refractivity (Wildman–Crippen MR) is 97.9 cm³/mol. The molecule has 3 heterocycles. The zero-order valence-electron chi connectivity index (χ0n) is 14.6. The molecule has 1 fully saturated rings. The van der Waals surface area contributed by atoms with E-state index in [1.807, 2.05) is 0 Å². The Bertz CT molecular complexity index is 916. The van der Waals surface area contributed by atoms with Gasteiger partial charge in [0.2, 0.25) is 5.91 Å². The van der Waals surface area contributed by atoms with Gasteiger partial charge in [0.15, 0.2) is 0 Å². The first kappa shape index (κ1) is 19.5. The smallest absolute Gasteiger partial charge is 0.307 e. The Morgan fingerprint density at radius 2 is 2.07 bits per heavy atom. The summed E-state index contributed by atoms with van der Waals surface area (Å²) < 4.78 is 28.1. The number of thiophene rings is 1. The fourth-order valence-electron chi connectivity index (χ4n) is 2.96. The molecular formula is C15H19N5O5S2. The maximum absolute atomic E-state index is 12.8. The number of amides is 1. The summed E-state index contributed by atoms with van der Waals surface area (Å²) in [5.74, 6) is -0.219. The molecule has 0 aliphatic carbocycles. The maximum Gasteiger partial charge on any atom is 0.307 e. The molecule has 2 aromatic heterocycles. The number of aromatic nitrogens is 2. The number of nitrogens with zero attached hydrogens (tertiary/aromatic N) is 5. The lowest BCUT2D eigenvalue weighted by Crippen LogP contribution is -2.52. The van der Waals surface area contributed by atoms with Gasteiger partial charge >= 0.3 is 5.69 Å². The van der Waals surface area contributed by atoms with E-state index in [0.29, 0.717) is 6.42 Å². The Kier molecular flexibility index (Phi) is 5.58. The van der Waals surface area contributed by atoms with Crippen LogP contribution in [-0.2, 0) is 14.8 Å². The van der Waals surface area contributed by atoms with Crippen molar-refractivity contribution in [3.63, 3.8) is 0 Å². The van der Waals surface area contributed by atoms with Crippen molar-refractivity contribution in [1.82, 2.24) is 19.0 Å². The van der Waals surface area contributed by atoms with Gasteiger partial charge < -0.3 is 4.90 Å². The number of carbonyl (C=O) groups excluding carboxylic acids is 1. The summed E-state index contributed by atoms with van der Waals surface area (Å²) in [6, 6.07) is 2.60. The summed E-state index contributed by atoms with van der Waals surface area (Å²) in [6.07, 6.45) is 2.77. The minimum Gasteiger partial charge on any atom is -0.338 e. The average molecular weight is 413 g/mol. The molecule has 27 heavy (non-hydrogen) atoms. The zero-order valence-corrected chi connectivity index (χ0v) is 16.2. The summed E-state index contributed by atoms with van der Waals surface area (Å²) in [4.78, 5) is 24.7. The molecule has 1 amide bonds. The van der Waals surface area contributed by atoms with E-state index in [1.54, 1.807) is 29.3 Å². The van der Waals surface area contributed by atoms with Crippen molar-refractivity contribution >= 4 is 33.0 Å². The van der Waals surface area contributed by atoms with E-state index in [-0.39, 0.29) is 42.0 Å². The second-order valence-corrected chi connectivity index (χ2v) is 9.13. The fourth-order valence-corrected chi connectivity index (χ4v) is 5.53. The highest BCUT2D eigenvalue weighted by Gasteiger charge is 2.33. The largest absolute Gasteiger partial charge is 0.338 e. The number of nitro groups is 1. The number of rotatable bonds is 6. The van der Waals surface area contributed by atoms with Gasteiger partial charge in [-0.1, -0.05) is 13.0 Å². The molecule has 0 aromatic carbocycles. The van der Waals surface area contributed by atoms with Crippen LogP contribution in [0.2, 0.25) is 0 Å². The fraction of sp³-hybridized carbons (Fsp3) is 0.467. The van der Waals surface area contributed by atoms with Crippen LogP contribution in [0.3, 0.4) is 0 Å². The SMILES string of the molecule is CCC(C(=O)N1CCN(S(=O)(=O)c2cccs2)CC1)n1cc([N+](=O)[O-])cn1. The van der Waals surface area contributed by atoms with E-state index >= 15 is 0 Å². The highest BCUT2D eigenvalue weighted by molar-refractivity contribution is 7.91. The van der Waals surface area contributed by atoms with Crippen molar-refractivity contribution in [2.75, 3.05) is 26.2 Å². The van der Waals surface area contributed by atoms with Crippen LogP contribution >= 0.6 is 11.3 Å². The molecule has 1 unspecified atom stereocenters. The van der Waals surface area contributed by atoms with Gasteiger partial charge in [-0.25, -0.2) is 8.42 Å². The molecular weight excluding hydrogens is 394 g/mol. The quantitative estimate of drug-likeness (QED) is 0.521. The lowest BCUT2D eigenvalue weighted by molar-refractivity contribution is -0.385. The molecule has 146 valence electrons. The third-order valence-corrected chi connectivity index (χ3v) is 7.70. The maximum atomic E-state index is 12.8.